The number of allylic oxidation sites excluding steroid dienone is 4. The number of carbonyl (C=O) groups excluding carboxylic acids is 1. The Morgan fingerprint density at radius 2 is 0.647 bits per heavy atom. The first kappa shape index (κ1) is 49.4. The van der Waals surface area contributed by atoms with Crippen molar-refractivity contribution in [1.29, 1.82) is 0 Å². The minimum atomic E-state index is -0.657. The van der Waals surface area contributed by atoms with Crippen LogP contribution >= 0.6 is 0 Å². The van der Waals surface area contributed by atoms with E-state index < -0.39 is 5.97 Å². The average molecular weight is 717 g/mol. The Morgan fingerprint density at radius 3 is 0.980 bits per heavy atom. The van der Waals surface area contributed by atoms with Gasteiger partial charge in [-0.05, 0) is 70.6 Å². The highest BCUT2D eigenvalue weighted by Crippen LogP contribution is 2.16. The standard InChI is InChI=1S/C47H88O4/c1-2-3-4-5-6-7-8-9-22-26-29-32-35-38-41-44-47(50)51-45-42-39-36-33-30-27-24-21-19-17-15-13-11-10-12-14-16-18-20-23-25-28-31-34-37-40-43-46(48)49/h9,21-22,24H,2-8,10-20,23,25-45H2,1H3,(H,48,49)/b22-9-,24-21-. The monoisotopic (exact) mass is 717 g/mol. The van der Waals surface area contributed by atoms with E-state index in [4.69, 9.17) is 9.84 Å². The molecule has 0 atom stereocenters. The predicted molar refractivity (Wildman–Crippen MR) is 223 cm³/mol. The topological polar surface area (TPSA) is 63.6 Å². The Bertz CT molecular complexity index is 757. The van der Waals surface area contributed by atoms with Gasteiger partial charge in [0.15, 0.2) is 0 Å². The van der Waals surface area contributed by atoms with E-state index in [9.17, 15) is 9.59 Å². The summed E-state index contributed by atoms with van der Waals surface area (Å²) < 4.78 is 5.45. The highest BCUT2D eigenvalue weighted by atomic mass is 16.5. The van der Waals surface area contributed by atoms with Crippen molar-refractivity contribution in [2.75, 3.05) is 6.61 Å². The van der Waals surface area contributed by atoms with Crippen LogP contribution in [0.15, 0.2) is 24.3 Å². The normalized spacial score (nSPS) is 11.7. The largest absolute Gasteiger partial charge is 0.481 e. The molecule has 0 aromatic heterocycles. The molecular formula is C47H88O4. The molecule has 4 heteroatoms. The fraction of sp³-hybridized carbons (Fsp3) is 0.872. The number of hydrogen-bond donors (Lipinski definition) is 1. The number of rotatable bonds is 43. The molecule has 0 fully saturated rings. The molecule has 0 amide bonds. The Kier molecular flexibility index (Phi) is 43.2. The quantitative estimate of drug-likeness (QED) is 0.0388. The van der Waals surface area contributed by atoms with Gasteiger partial charge in [0, 0.05) is 12.8 Å². The van der Waals surface area contributed by atoms with Crippen LogP contribution in [0.2, 0.25) is 0 Å². The lowest BCUT2D eigenvalue weighted by Gasteiger charge is -2.05. The van der Waals surface area contributed by atoms with E-state index in [1.54, 1.807) is 0 Å². The molecule has 0 saturated carbocycles. The second-order valence-electron chi connectivity index (χ2n) is 15.5. The third-order valence-corrected chi connectivity index (χ3v) is 10.3. The first-order chi connectivity index (χ1) is 25.2. The van der Waals surface area contributed by atoms with Crippen molar-refractivity contribution in [3.05, 3.63) is 24.3 Å². The Balaban J connectivity index is 3.21. The van der Waals surface area contributed by atoms with Gasteiger partial charge in [0.05, 0.1) is 6.61 Å². The van der Waals surface area contributed by atoms with Crippen molar-refractivity contribution < 1.29 is 19.4 Å². The SMILES string of the molecule is CCCCCCCC/C=C\CCCCCCCC(=O)OCCCCCCC/C=C\CCCCCCCCCCCCCCCCCCCC(=O)O. The lowest BCUT2D eigenvalue weighted by atomic mass is 10.0. The number of esters is 1. The molecule has 0 bridgehead atoms. The Labute approximate surface area is 318 Å². The number of hydrogen-bond acceptors (Lipinski definition) is 3. The van der Waals surface area contributed by atoms with Gasteiger partial charge < -0.3 is 9.84 Å². The molecule has 0 unspecified atom stereocenters. The molecule has 0 rings (SSSR count). The summed E-state index contributed by atoms with van der Waals surface area (Å²) in [7, 11) is 0. The van der Waals surface area contributed by atoms with Gasteiger partial charge in [0.25, 0.3) is 0 Å². The summed E-state index contributed by atoms with van der Waals surface area (Å²) in [5, 5.41) is 8.65. The highest BCUT2D eigenvalue weighted by Gasteiger charge is 2.03. The molecule has 0 aliphatic heterocycles. The minimum absolute atomic E-state index is 0.00255. The molecular weight excluding hydrogens is 629 g/mol. The number of unbranched alkanes of at least 4 members (excludes halogenated alkanes) is 33. The fourth-order valence-electron chi connectivity index (χ4n) is 6.92. The van der Waals surface area contributed by atoms with Gasteiger partial charge in [0.2, 0.25) is 0 Å². The van der Waals surface area contributed by atoms with E-state index in [-0.39, 0.29) is 5.97 Å². The summed E-state index contributed by atoms with van der Waals surface area (Å²) in [5.41, 5.74) is 0. The lowest BCUT2D eigenvalue weighted by molar-refractivity contribution is -0.144. The van der Waals surface area contributed by atoms with Crippen molar-refractivity contribution >= 4 is 11.9 Å². The van der Waals surface area contributed by atoms with Crippen molar-refractivity contribution in [2.45, 2.75) is 257 Å². The molecule has 0 aliphatic carbocycles. The van der Waals surface area contributed by atoms with Crippen LogP contribution in [-0.2, 0) is 14.3 Å². The first-order valence-electron chi connectivity index (χ1n) is 22.8. The van der Waals surface area contributed by atoms with Crippen LogP contribution in [0.1, 0.15) is 257 Å². The van der Waals surface area contributed by atoms with E-state index in [0.717, 1.165) is 32.1 Å². The number of aliphatic carboxylic acids is 1. The van der Waals surface area contributed by atoms with Gasteiger partial charge >= 0.3 is 11.9 Å². The third-order valence-electron chi connectivity index (χ3n) is 10.3. The third kappa shape index (κ3) is 46.4. The number of carboxylic acids is 1. The average Bonchev–Trinajstić information content (AvgIpc) is 3.12. The van der Waals surface area contributed by atoms with Crippen LogP contribution in [0.3, 0.4) is 0 Å². The lowest BCUT2D eigenvalue weighted by Crippen LogP contribution is -2.05. The second-order valence-corrected chi connectivity index (χ2v) is 15.5. The van der Waals surface area contributed by atoms with Gasteiger partial charge in [-0.2, -0.15) is 0 Å². The van der Waals surface area contributed by atoms with Gasteiger partial charge in [-0.1, -0.05) is 198 Å². The van der Waals surface area contributed by atoms with Crippen LogP contribution in [0, 0.1) is 0 Å². The Morgan fingerprint density at radius 1 is 0.373 bits per heavy atom. The van der Waals surface area contributed by atoms with E-state index in [0.29, 0.717) is 19.4 Å². The molecule has 0 spiro atoms. The number of carboxylic acid groups (broad SMARTS) is 1. The molecule has 0 aliphatic rings. The smallest absolute Gasteiger partial charge is 0.305 e. The predicted octanol–water partition coefficient (Wildman–Crippen LogP) is 16.0. The van der Waals surface area contributed by atoms with Crippen LogP contribution in [-0.4, -0.2) is 23.7 Å². The second kappa shape index (κ2) is 44.6. The van der Waals surface area contributed by atoms with E-state index in [1.165, 1.54) is 205 Å². The maximum atomic E-state index is 12.0. The van der Waals surface area contributed by atoms with Crippen molar-refractivity contribution in [3.63, 3.8) is 0 Å². The Hall–Kier alpha value is -1.58. The summed E-state index contributed by atoms with van der Waals surface area (Å²) in [6.07, 6.45) is 58.0. The molecule has 0 aromatic rings. The van der Waals surface area contributed by atoms with Crippen LogP contribution in [0.5, 0.6) is 0 Å². The summed E-state index contributed by atoms with van der Waals surface area (Å²) in [4.78, 5) is 22.5. The molecule has 51 heavy (non-hydrogen) atoms. The summed E-state index contributed by atoms with van der Waals surface area (Å²) in [6, 6.07) is 0. The van der Waals surface area contributed by atoms with Gasteiger partial charge in [0.1, 0.15) is 0 Å². The van der Waals surface area contributed by atoms with Crippen molar-refractivity contribution in [1.82, 2.24) is 0 Å². The fourth-order valence-corrected chi connectivity index (χ4v) is 6.92. The summed E-state index contributed by atoms with van der Waals surface area (Å²) in [5.74, 6) is -0.654. The number of carbonyl (C=O) groups is 2. The molecule has 0 saturated heterocycles. The maximum absolute atomic E-state index is 12.0. The van der Waals surface area contributed by atoms with Crippen molar-refractivity contribution in [3.8, 4) is 0 Å². The zero-order valence-electron chi connectivity index (χ0n) is 34.3. The zero-order chi connectivity index (χ0) is 37.0. The van der Waals surface area contributed by atoms with E-state index in [2.05, 4.69) is 31.2 Å². The van der Waals surface area contributed by atoms with E-state index >= 15 is 0 Å². The van der Waals surface area contributed by atoms with Crippen molar-refractivity contribution in [2.24, 2.45) is 0 Å². The molecule has 1 N–H and O–H groups in total. The minimum Gasteiger partial charge on any atom is -0.481 e. The van der Waals surface area contributed by atoms with E-state index in [1.807, 2.05) is 0 Å². The zero-order valence-corrected chi connectivity index (χ0v) is 34.3. The highest BCUT2D eigenvalue weighted by molar-refractivity contribution is 5.69. The van der Waals surface area contributed by atoms with Gasteiger partial charge in [-0.3, -0.25) is 9.59 Å². The summed E-state index contributed by atoms with van der Waals surface area (Å²) >= 11 is 0. The molecule has 0 heterocycles. The van der Waals surface area contributed by atoms with Gasteiger partial charge in [-0.15, -0.1) is 0 Å². The number of ether oxygens (including phenoxy) is 1. The van der Waals surface area contributed by atoms with Crippen LogP contribution < -0.4 is 0 Å². The maximum Gasteiger partial charge on any atom is 0.305 e. The van der Waals surface area contributed by atoms with Crippen LogP contribution in [0.25, 0.3) is 0 Å². The van der Waals surface area contributed by atoms with Gasteiger partial charge in [-0.25, -0.2) is 0 Å². The van der Waals surface area contributed by atoms with Crippen LogP contribution in [0.4, 0.5) is 0 Å². The molecule has 4 nitrogen and oxygen atoms in total. The molecule has 0 aromatic carbocycles. The molecule has 300 valence electrons. The summed E-state index contributed by atoms with van der Waals surface area (Å²) in [6.45, 7) is 2.88. The first-order valence-corrected chi connectivity index (χ1v) is 22.8. The molecule has 0 radical (unpaired) electrons.